The van der Waals surface area contributed by atoms with E-state index in [-0.39, 0.29) is 0 Å². The maximum absolute atomic E-state index is 11.2. The van der Waals surface area contributed by atoms with E-state index in [9.17, 15) is 9.90 Å². The molecule has 0 fully saturated rings. The number of hydrogen-bond acceptors (Lipinski definition) is 2. The van der Waals surface area contributed by atoms with Crippen molar-refractivity contribution in [3.8, 4) is 0 Å². The monoisotopic (exact) mass is 295 g/mol. The lowest BCUT2D eigenvalue weighted by Gasteiger charge is -2.42. The number of anilines is 1. The standard InChI is InChI=1S/C19H21NO2/c21-19(22)13-9-10-17-16(11-13)14-7-4-8-15(14)18(20-17)12-5-2-1-3-6-12/h1-2,4,7,9-12,14-15,18,20H,3,5-6,8H2,(H,21,22)/t12-,14+,15+,18-/m0/s1. The van der Waals surface area contributed by atoms with Gasteiger partial charge in [-0.1, -0.05) is 24.3 Å². The molecule has 1 aliphatic heterocycles. The van der Waals surface area contributed by atoms with Crippen LogP contribution in [0.15, 0.2) is 42.5 Å². The maximum atomic E-state index is 11.2. The first-order valence-electron chi connectivity index (χ1n) is 8.19. The molecular formula is C19H21NO2. The molecule has 4 rings (SSSR count). The van der Waals surface area contributed by atoms with E-state index < -0.39 is 5.97 Å². The Balaban J connectivity index is 1.70. The van der Waals surface area contributed by atoms with Crippen molar-refractivity contribution in [2.24, 2.45) is 11.8 Å². The second-order valence-corrected chi connectivity index (χ2v) is 6.68. The van der Waals surface area contributed by atoms with Crippen molar-refractivity contribution in [1.29, 1.82) is 0 Å². The fraction of sp³-hybridized carbons (Fsp3) is 0.421. The Morgan fingerprint density at radius 2 is 2.09 bits per heavy atom. The minimum atomic E-state index is -0.846. The molecule has 0 spiro atoms. The highest BCUT2D eigenvalue weighted by atomic mass is 16.4. The molecule has 0 bridgehead atoms. The number of allylic oxidation sites excluding steroid dienone is 4. The van der Waals surface area contributed by atoms with Crippen LogP contribution in [0.4, 0.5) is 5.69 Å². The van der Waals surface area contributed by atoms with Crippen LogP contribution in [-0.4, -0.2) is 17.1 Å². The van der Waals surface area contributed by atoms with E-state index >= 15 is 0 Å². The lowest BCUT2D eigenvalue weighted by Crippen LogP contribution is -2.41. The SMILES string of the molecule is O=C(O)c1ccc2c(c1)[C@@H]1C=CC[C@H]1[C@H]([C@H]1CC=CCC1)N2. The van der Waals surface area contributed by atoms with Gasteiger partial charge in [-0.25, -0.2) is 4.79 Å². The van der Waals surface area contributed by atoms with Gasteiger partial charge in [0, 0.05) is 17.6 Å². The van der Waals surface area contributed by atoms with Crippen LogP contribution in [-0.2, 0) is 0 Å². The molecule has 3 aliphatic rings. The van der Waals surface area contributed by atoms with Crippen molar-refractivity contribution < 1.29 is 9.90 Å². The average Bonchev–Trinajstić information content (AvgIpc) is 3.04. The van der Waals surface area contributed by atoms with E-state index in [0.29, 0.717) is 29.4 Å². The zero-order chi connectivity index (χ0) is 15.1. The van der Waals surface area contributed by atoms with Crippen molar-refractivity contribution in [2.45, 2.75) is 37.6 Å². The molecule has 4 atom stereocenters. The van der Waals surface area contributed by atoms with Gasteiger partial charge < -0.3 is 10.4 Å². The van der Waals surface area contributed by atoms with Crippen molar-refractivity contribution >= 4 is 11.7 Å². The van der Waals surface area contributed by atoms with Gasteiger partial charge in [-0.3, -0.25) is 0 Å². The number of hydrogen-bond donors (Lipinski definition) is 2. The molecule has 2 aliphatic carbocycles. The Bertz CT molecular complexity index is 661. The van der Waals surface area contributed by atoms with E-state index in [0.717, 1.165) is 24.1 Å². The summed E-state index contributed by atoms with van der Waals surface area (Å²) < 4.78 is 0. The van der Waals surface area contributed by atoms with Crippen molar-refractivity contribution in [3.63, 3.8) is 0 Å². The van der Waals surface area contributed by atoms with E-state index in [1.54, 1.807) is 6.07 Å². The van der Waals surface area contributed by atoms with Crippen LogP contribution < -0.4 is 5.32 Å². The van der Waals surface area contributed by atoms with Gasteiger partial charge in [0.1, 0.15) is 0 Å². The van der Waals surface area contributed by atoms with Crippen LogP contribution in [0.3, 0.4) is 0 Å². The third-order valence-corrected chi connectivity index (χ3v) is 5.47. The van der Waals surface area contributed by atoms with Gasteiger partial charge in [0.05, 0.1) is 5.56 Å². The fourth-order valence-corrected chi connectivity index (χ4v) is 4.38. The summed E-state index contributed by atoms with van der Waals surface area (Å²) in [4.78, 5) is 11.2. The van der Waals surface area contributed by atoms with Gasteiger partial charge in [-0.2, -0.15) is 0 Å². The lowest BCUT2D eigenvalue weighted by molar-refractivity contribution is 0.0696. The Hall–Kier alpha value is -2.03. The molecule has 22 heavy (non-hydrogen) atoms. The minimum Gasteiger partial charge on any atom is -0.478 e. The first-order valence-corrected chi connectivity index (χ1v) is 8.19. The number of fused-ring (bicyclic) bond motifs is 3. The second kappa shape index (κ2) is 5.31. The molecule has 3 nitrogen and oxygen atoms in total. The highest BCUT2D eigenvalue weighted by Gasteiger charge is 2.40. The maximum Gasteiger partial charge on any atom is 0.335 e. The van der Waals surface area contributed by atoms with Gasteiger partial charge in [0.2, 0.25) is 0 Å². The van der Waals surface area contributed by atoms with Gasteiger partial charge in [0.25, 0.3) is 0 Å². The predicted molar refractivity (Wildman–Crippen MR) is 87.3 cm³/mol. The van der Waals surface area contributed by atoms with Crippen LogP contribution in [0.1, 0.15) is 47.5 Å². The van der Waals surface area contributed by atoms with Gasteiger partial charge in [-0.15, -0.1) is 0 Å². The smallest absolute Gasteiger partial charge is 0.335 e. The van der Waals surface area contributed by atoms with Crippen LogP contribution in [0, 0.1) is 11.8 Å². The fourth-order valence-electron chi connectivity index (χ4n) is 4.38. The van der Waals surface area contributed by atoms with Gasteiger partial charge >= 0.3 is 5.97 Å². The molecule has 0 radical (unpaired) electrons. The summed E-state index contributed by atoms with van der Waals surface area (Å²) in [5.41, 5.74) is 2.66. The van der Waals surface area contributed by atoms with Gasteiger partial charge in [-0.05, 0) is 61.3 Å². The summed E-state index contributed by atoms with van der Waals surface area (Å²) in [6, 6.07) is 6.01. The van der Waals surface area contributed by atoms with E-state index in [4.69, 9.17) is 0 Å². The third-order valence-electron chi connectivity index (χ3n) is 5.47. The number of aromatic carboxylic acids is 1. The molecule has 0 aromatic heterocycles. The third kappa shape index (κ3) is 2.16. The number of carboxylic acid groups (broad SMARTS) is 1. The van der Waals surface area contributed by atoms with E-state index in [1.807, 2.05) is 12.1 Å². The molecule has 0 unspecified atom stereocenters. The molecule has 1 heterocycles. The molecule has 0 amide bonds. The number of carbonyl (C=O) groups is 1. The first-order chi connectivity index (χ1) is 10.7. The summed E-state index contributed by atoms with van der Waals surface area (Å²) in [6.07, 6.45) is 13.8. The largest absolute Gasteiger partial charge is 0.478 e. The second-order valence-electron chi connectivity index (χ2n) is 6.68. The van der Waals surface area contributed by atoms with Crippen molar-refractivity contribution in [2.75, 3.05) is 5.32 Å². The summed E-state index contributed by atoms with van der Waals surface area (Å²) in [7, 11) is 0. The van der Waals surface area contributed by atoms with Gasteiger partial charge in [0.15, 0.2) is 0 Å². The summed E-state index contributed by atoms with van der Waals surface area (Å²) >= 11 is 0. The van der Waals surface area contributed by atoms with Crippen LogP contribution in [0.25, 0.3) is 0 Å². The van der Waals surface area contributed by atoms with Crippen LogP contribution in [0.5, 0.6) is 0 Å². The predicted octanol–water partition coefficient (Wildman–Crippen LogP) is 4.19. The molecule has 2 N–H and O–H groups in total. The Morgan fingerprint density at radius 3 is 2.86 bits per heavy atom. The van der Waals surface area contributed by atoms with Crippen molar-refractivity contribution in [3.05, 3.63) is 53.6 Å². The number of benzene rings is 1. The quantitative estimate of drug-likeness (QED) is 0.804. The zero-order valence-corrected chi connectivity index (χ0v) is 12.5. The molecule has 114 valence electrons. The Kier molecular flexibility index (Phi) is 3.29. The molecule has 0 saturated heterocycles. The summed E-state index contributed by atoms with van der Waals surface area (Å²) in [5, 5.41) is 13.0. The lowest BCUT2D eigenvalue weighted by atomic mass is 9.72. The molecule has 3 heteroatoms. The Morgan fingerprint density at radius 1 is 1.18 bits per heavy atom. The molecule has 1 aromatic carbocycles. The number of carboxylic acids is 1. The zero-order valence-electron chi connectivity index (χ0n) is 12.5. The topological polar surface area (TPSA) is 49.3 Å². The first kappa shape index (κ1) is 13.6. The normalized spacial score (nSPS) is 32.2. The molecule has 0 saturated carbocycles. The highest BCUT2D eigenvalue weighted by Crippen LogP contribution is 2.47. The van der Waals surface area contributed by atoms with E-state index in [2.05, 4.69) is 29.6 Å². The molecule has 1 aromatic rings. The number of rotatable bonds is 2. The average molecular weight is 295 g/mol. The Labute approximate surface area is 130 Å². The van der Waals surface area contributed by atoms with Crippen LogP contribution >= 0.6 is 0 Å². The van der Waals surface area contributed by atoms with Crippen LogP contribution in [0.2, 0.25) is 0 Å². The van der Waals surface area contributed by atoms with Crippen molar-refractivity contribution in [1.82, 2.24) is 0 Å². The minimum absolute atomic E-state index is 0.367. The molecular weight excluding hydrogens is 274 g/mol. The highest BCUT2D eigenvalue weighted by molar-refractivity contribution is 5.88. The summed E-state index contributed by atoms with van der Waals surface area (Å²) in [6.45, 7) is 0. The summed E-state index contributed by atoms with van der Waals surface area (Å²) in [5.74, 6) is 0.769. The number of nitrogens with one attached hydrogen (secondary N) is 1. The van der Waals surface area contributed by atoms with E-state index in [1.165, 1.54) is 12.8 Å².